The molecule has 2 N–H and O–H groups in total. The zero-order chi connectivity index (χ0) is 19.2. The standard InChI is InChI=1S/C20H33FN4O/c1-6-22-19(23-11-17-9-7-8-10-18(17)21)24-14-20(4,5)25-12-15(2)26-16(3)13-25/h7-10,15-16H,6,11-14H2,1-5H3,(H2,22,23,24). The van der Waals surface area contributed by atoms with Crippen molar-refractivity contribution in [3.05, 3.63) is 35.6 Å². The van der Waals surface area contributed by atoms with Gasteiger partial charge in [-0.2, -0.15) is 0 Å². The highest BCUT2D eigenvalue weighted by atomic mass is 19.1. The molecular formula is C20H33FN4O. The van der Waals surface area contributed by atoms with Crippen molar-refractivity contribution in [2.75, 3.05) is 26.2 Å². The number of hydrogen-bond acceptors (Lipinski definition) is 3. The third-order valence-corrected chi connectivity index (χ3v) is 4.67. The van der Waals surface area contributed by atoms with Crippen molar-refractivity contribution in [3.8, 4) is 0 Å². The van der Waals surface area contributed by atoms with Crippen LogP contribution < -0.4 is 10.6 Å². The van der Waals surface area contributed by atoms with Crippen LogP contribution in [0, 0.1) is 5.82 Å². The number of rotatable bonds is 6. The third-order valence-electron chi connectivity index (χ3n) is 4.67. The summed E-state index contributed by atoms with van der Waals surface area (Å²) in [6.07, 6.45) is 0.474. The molecule has 2 rings (SSSR count). The van der Waals surface area contributed by atoms with Crippen LogP contribution in [0.15, 0.2) is 29.3 Å². The Morgan fingerprint density at radius 3 is 2.50 bits per heavy atom. The molecule has 1 fully saturated rings. The number of guanidine groups is 1. The van der Waals surface area contributed by atoms with Gasteiger partial charge in [0, 0.05) is 37.3 Å². The van der Waals surface area contributed by atoms with Gasteiger partial charge in [-0.3, -0.25) is 4.90 Å². The monoisotopic (exact) mass is 364 g/mol. The van der Waals surface area contributed by atoms with Crippen LogP contribution in [0.25, 0.3) is 0 Å². The first-order chi connectivity index (χ1) is 12.3. The molecule has 2 unspecified atom stereocenters. The summed E-state index contributed by atoms with van der Waals surface area (Å²) in [5.41, 5.74) is 0.556. The highest BCUT2D eigenvalue weighted by Crippen LogP contribution is 2.20. The Kier molecular flexibility index (Phi) is 7.41. The highest BCUT2D eigenvalue weighted by molar-refractivity contribution is 5.79. The minimum absolute atomic E-state index is 0.0412. The zero-order valence-corrected chi connectivity index (χ0v) is 16.7. The van der Waals surface area contributed by atoms with Gasteiger partial charge in [0.15, 0.2) is 5.96 Å². The second kappa shape index (κ2) is 9.33. The lowest BCUT2D eigenvalue weighted by Crippen LogP contribution is -2.59. The van der Waals surface area contributed by atoms with Gasteiger partial charge in [-0.1, -0.05) is 18.2 Å². The molecule has 0 saturated carbocycles. The van der Waals surface area contributed by atoms with E-state index >= 15 is 0 Å². The summed E-state index contributed by atoms with van der Waals surface area (Å²) < 4.78 is 19.6. The summed E-state index contributed by atoms with van der Waals surface area (Å²) in [5.74, 6) is 0.488. The van der Waals surface area contributed by atoms with Crippen LogP contribution in [0.2, 0.25) is 0 Å². The Bertz CT molecular complexity index is 595. The molecule has 0 spiro atoms. The first kappa shape index (κ1) is 20.6. The van der Waals surface area contributed by atoms with E-state index < -0.39 is 0 Å². The van der Waals surface area contributed by atoms with Gasteiger partial charge in [-0.25, -0.2) is 9.38 Å². The fraction of sp³-hybridized carbons (Fsp3) is 0.650. The lowest BCUT2D eigenvalue weighted by Gasteiger charge is -2.45. The second-order valence-corrected chi connectivity index (χ2v) is 7.61. The molecule has 26 heavy (non-hydrogen) atoms. The van der Waals surface area contributed by atoms with E-state index in [1.807, 2.05) is 13.0 Å². The quantitative estimate of drug-likeness (QED) is 0.602. The maximum Gasteiger partial charge on any atom is 0.191 e. The fourth-order valence-electron chi connectivity index (χ4n) is 3.22. The number of nitrogens with zero attached hydrogens (tertiary/aromatic N) is 2. The number of hydrogen-bond donors (Lipinski definition) is 2. The van der Waals surface area contributed by atoms with E-state index in [0.29, 0.717) is 18.1 Å². The molecule has 1 heterocycles. The Morgan fingerprint density at radius 1 is 1.23 bits per heavy atom. The average Bonchev–Trinajstić information content (AvgIpc) is 2.58. The summed E-state index contributed by atoms with van der Waals surface area (Å²) in [4.78, 5) is 6.99. The Balaban J connectivity index is 1.98. The second-order valence-electron chi connectivity index (χ2n) is 7.61. The summed E-state index contributed by atoms with van der Waals surface area (Å²) in [5, 5.41) is 6.65. The average molecular weight is 365 g/mol. The predicted octanol–water partition coefficient (Wildman–Crippen LogP) is 2.77. The normalized spacial score (nSPS) is 22.3. The summed E-state index contributed by atoms with van der Waals surface area (Å²) in [6.45, 7) is 14.4. The van der Waals surface area contributed by atoms with Gasteiger partial charge < -0.3 is 15.4 Å². The first-order valence-corrected chi connectivity index (χ1v) is 9.48. The summed E-state index contributed by atoms with van der Waals surface area (Å²) in [7, 11) is 0. The van der Waals surface area contributed by atoms with Crippen molar-refractivity contribution in [2.24, 2.45) is 4.99 Å². The molecule has 1 aliphatic rings. The highest BCUT2D eigenvalue weighted by Gasteiger charge is 2.33. The number of benzene rings is 1. The number of morpholine rings is 1. The largest absolute Gasteiger partial charge is 0.373 e. The van der Waals surface area contributed by atoms with Gasteiger partial charge in [0.05, 0.1) is 18.8 Å². The van der Waals surface area contributed by atoms with Gasteiger partial charge in [-0.15, -0.1) is 0 Å². The Hall–Kier alpha value is -1.66. The van der Waals surface area contributed by atoms with Crippen LogP contribution in [0.4, 0.5) is 4.39 Å². The van der Waals surface area contributed by atoms with E-state index in [-0.39, 0.29) is 23.6 Å². The smallest absolute Gasteiger partial charge is 0.191 e. The lowest BCUT2D eigenvalue weighted by molar-refractivity contribution is -0.0946. The zero-order valence-electron chi connectivity index (χ0n) is 16.7. The van der Waals surface area contributed by atoms with Crippen molar-refractivity contribution >= 4 is 5.96 Å². The molecule has 2 atom stereocenters. The Labute approximate surface area is 157 Å². The summed E-state index contributed by atoms with van der Waals surface area (Å²) >= 11 is 0. The van der Waals surface area contributed by atoms with Crippen molar-refractivity contribution < 1.29 is 9.13 Å². The minimum Gasteiger partial charge on any atom is -0.373 e. The van der Waals surface area contributed by atoms with Crippen molar-refractivity contribution in [3.63, 3.8) is 0 Å². The van der Waals surface area contributed by atoms with E-state index in [0.717, 1.165) is 26.2 Å². The van der Waals surface area contributed by atoms with Crippen LogP contribution >= 0.6 is 0 Å². The molecule has 1 aromatic carbocycles. The van der Waals surface area contributed by atoms with Crippen molar-refractivity contribution in [1.29, 1.82) is 0 Å². The number of nitrogens with one attached hydrogen (secondary N) is 2. The van der Waals surface area contributed by atoms with E-state index in [1.54, 1.807) is 12.1 Å². The van der Waals surface area contributed by atoms with Gasteiger partial charge >= 0.3 is 0 Å². The molecule has 0 radical (unpaired) electrons. The fourth-order valence-corrected chi connectivity index (χ4v) is 3.22. The maximum absolute atomic E-state index is 13.8. The number of halogens is 1. The molecule has 0 amide bonds. The van der Waals surface area contributed by atoms with Crippen LogP contribution in [0.3, 0.4) is 0 Å². The van der Waals surface area contributed by atoms with Gasteiger partial charge in [0.1, 0.15) is 5.82 Å². The predicted molar refractivity (Wildman–Crippen MR) is 105 cm³/mol. The minimum atomic E-state index is -0.219. The van der Waals surface area contributed by atoms with E-state index in [4.69, 9.17) is 4.74 Å². The van der Waals surface area contributed by atoms with Crippen LogP contribution in [0.5, 0.6) is 0 Å². The Morgan fingerprint density at radius 2 is 1.88 bits per heavy atom. The number of aliphatic imine (C=N–C) groups is 1. The molecule has 0 aliphatic carbocycles. The molecule has 0 aromatic heterocycles. The maximum atomic E-state index is 13.8. The van der Waals surface area contributed by atoms with Crippen molar-refractivity contribution in [2.45, 2.75) is 58.9 Å². The third kappa shape index (κ3) is 5.95. The topological polar surface area (TPSA) is 48.9 Å². The van der Waals surface area contributed by atoms with Gasteiger partial charge in [-0.05, 0) is 40.7 Å². The molecule has 6 heteroatoms. The molecule has 0 bridgehead atoms. The molecule has 1 saturated heterocycles. The van der Waals surface area contributed by atoms with Gasteiger partial charge in [0.2, 0.25) is 0 Å². The SMILES string of the molecule is CCNC(=NCc1ccccc1F)NCC(C)(C)N1CC(C)OC(C)C1. The molecule has 1 aliphatic heterocycles. The van der Waals surface area contributed by atoms with Crippen molar-refractivity contribution in [1.82, 2.24) is 15.5 Å². The first-order valence-electron chi connectivity index (χ1n) is 9.48. The van der Waals surface area contributed by atoms with E-state index in [2.05, 4.69) is 48.2 Å². The van der Waals surface area contributed by atoms with E-state index in [9.17, 15) is 4.39 Å². The molecule has 1 aromatic rings. The van der Waals surface area contributed by atoms with Crippen LogP contribution in [-0.2, 0) is 11.3 Å². The van der Waals surface area contributed by atoms with Crippen LogP contribution in [0.1, 0.15) is 40.2 Å². The van der Waals surface area contributed by atoms with Gasteiger partial charge in [0.25, 0.3) is 0 Å². The molecular weight excluding hydrogens is 331 g/mol. The lowest BCUT2D eigenvalue weighted by atomic mass is 10.00. The summed E-state index contributed by atoms with van der Waals surface area (Å²) in [6, 6.07) is 6.76. The van der Waals surface area contributed by atoms with Crippen LogP contribution in [-0.4, -0.2) is 54.8 Å². The number of ether oxygens (including phenoxy) is 1. The molecule has 5 nitrogen and oxygen atoms in total. The van der Waals surface area contributed by atoms with E-state index in [1.165, 1.54) is 6.07 Å². The molecule has 146 valence electrons.